The summed E-state index contributed by atoms with van der Waals surface area (Å²) in [5.74, 6) is 1.36. The molecule has 0 saturated carbocycles. The maximum absolute atomic E-state index is 9.61. The van der Waals surface area contributed by atoms with Crippen molar-refractivity contribution in [2.75, 3.05) is 6.54 Å². The zero-order valence-corrected chi connectivity index (χ0v) is 13.0. The Kier molecular flexibility index (Phi) is 5.30. The first kappa shape index (κ1) is 14.9. The lowest BCUT2D eigenvalue weighted by molar-refractivity contribution is 0.0817. The smallest absolute Gasteiger partial charge is 0.145 e. The number of aliphatic hydroxyl groups excluding tert-OH is 1. The van der Waals surface area contributed by atoms with E-state index in [0.717, 1.165) is 30.3 Å². The molecule has 1 N–H and O–H groups in total. The zero-order chi connectivity index (χ0) is 13.8. The summed E-state index contributed by atoms with van der Waals surface area (Å²) < 4.78 is 4.42. The van der Waals surface area contributed by atoms with Crippen LogP contribution in [0.3, 0.4) is 0 Å². The molecule has 0 radical (unpaired) electrons. The van der Waals surface area contributed by atoms with E-state index in [1.54, 1.807) is 0 Å². The van der Waals surface area contributed by atoms with Gasteiger partial charge < -0.3 is 5.11 Å². The number of aliphatic hydroxyl groups is 1. The van der Waals surface area contributed by atoms with E-state index in [9.17, 15) is 5.11 Å². The predicted octanol–water partition coefficient (Wildman–Crippen LogP) is 2.79. The monoisotopic (exact) mass is 283 g/mol. The van der Waals surface area contributed by atoms with Gasteiger partial charge in [0.15, 0.2) is 0 Å². The fourth-order valence-electron chi connectivity index (χ4n) is 2.67. The maximum atomic E-state index is 9.61. The Labute approximate surface area is 120 Å². The van der Waals surface area contributed by atoms with Crippen molar-refractivity contribution in [3.8, 4) is 0 Å². The molecule has 1 saturated heterocycles. The summed E-state index contributed by atoms with van der Waals surface area (Å²) in [6, 6.07) is 0.500. The van der Waals surface area contributed by atoms with Gasteiger partial charge in [-0.2, -0.15) is 4.37 Å². The Bertz CT molecular complexity index is 392. The Morgan fingerprint density at radius 1 is 1.37 bits per heavy atom. The highest BCUT2D eigenvalue weighted by molar-refractivity contribution is 7.05. The van der Waals surface area contributed by atoms with E-state index >= 15 is 0 Å². The van der Waals surface area contributed by atoms with E-state index in [0.29, 0.717) is 12.0 Å². The summed E-state index contributed by atoms with van der Waals surface area (Å²) in [4.78, 5) is 7.09. The quantitative estimate of drug-likeness (QED) is 0.903. The zero-order valence-electron chi connectivity index (χ0n) is 12.2. The molecule has 1 aliphatic heterocycles. The average molecular weight is 283 g/mol. The highest BCUT2D eigenvalue weighted by atomic mass is 32.1. The molecule has 0 unspecified atom stereocenters. The van der Waals surface area contributed by atoms with Gasteiger partial charge in [0.1, 0.15) is 10.8 Å². The molecular formula is C14H25N3OS. The third-order valence-corrected chi connectivity index (χ3v) is 4.41. The van der Waals surface area contributed by atoms with Gasteiger partial charge in [0, 0.05) is 12.0 Å². The van der Waals surface area contributed by atoms with Gasteiger partial charge in [0.2, 0.25) is 0 Å². The van der Waals surface area contributed by atoms with Crippen molar-refractivity contribution in [2.45, 2.75) is 71.1 Å². The third kappa shape index (κ3) is 4.23. The van der Waals surface area contributed by atoms with E-state index in [-0.39, 0.29) is 6.10 Å². The lowest BCUT2D eigenvalue weighted by atomic mass is 9.97. The highest BCUT2D eigenvalue weighted by Gasteiger charge is 2.24. The van der Waals surface area contributed by atoms with Gasteiger partial charge in [-0.1, -0.05) is 20.3 Å². The SMILES string of the molecule is CC(C)c1nsc(CN2CCCC[C@H]2C[C@@H](C)O)n1. The van der Waals surface area contributed by atoms with Crippen LogP contribution in [0, 0.1) is 0 Å². The molecule has 2 heterocycles. The summed E-state index contributed by atoms with van der Waals surface area (Å²) in [5.41, 5.74) is 0. The fourth-order valence-corrected chi connectivity index (χ4v) is 3.48. The largest absolute Gasteiger partial charge is 0.393 e. The van der Waals surface area contributed by atoms with Crippen molar-refractivity contribution >= 4 is 11.5 Å². The molecule has 1 aliphatic rings. The first-order valence-corrected chi connectivity index (χ1v) is 8.08. The summed E-state index contributed by atoms with van der Waals surface area (Å²) in [5, 5.41) is 10.7. The summed E-state index contributed by atoms with van der Waals surface area (Å²) in [7, 11) is 0. The van der Waals surface area contributed by atoms with Crippen molar-refractivity contribution in [1.29, 1.82) is 0 Å². The normalized spacial score (nSPS) is 22.9. The fraction of sp³-hybridized carbons (Fsp3) is 0.857. The second kappa shape index (κ2) is 6.77. The van der Waals surface area contributed by atoms with E-state index in [1.165, 1.54) is 30.8 Å². The molecular weight excluding hydrogens is 258 g/mol. The Hall–Kier alpha value is -0.520. The molecule has 5 heteroatoms. The molecule has 0 aromatic carbocycles. The van der Waals surface area contributed by atoms with Gasteiger partial charge in [0.05, 0.1) is 12.6 Å². The summed E-state index contributed by atoms with van der Waals surface area (Å²) in [6.45, 7) is 8.15. The number of likely N-dealkylation sites (tertiary alicyclic amines) is 1. The second-order valence-corrected chi connectivity index (χ2v) is 6.74. The van der Waals surface area contributed by atoms with Gasteiger partial charge in [0.25, 0.3) is 0 Å². The molecule has 4 nitrogen and oxygen atoms in total. The van der Waals surface area contributed by atoms with Gasteiger partial charge >= 0.3 is 0 Å². The van der Waals surface area contributed by atoms with Crippen molar-refractivity contribution < 1.29 is 5.11 Å². The number of aromatic nitrogens is 2. The molecule has 2 rings (SSSR count). The number of hydrogen-bond acceptors (Lipinski definition) is 5. The van der Waals surface area contributed by atoms with Gasteiger partial charge in [-0.05, 0) is 44.3 Å². The first-order valence-electron chi connectivity index (χ1n) is 7.31. The van der Waals surface area contributed by atoms with Crippen LogP contribution < -0.4 is 0 Å². The van der Waals surface area contributed by atoms with E-state index in [4.69, 9.17) is 0 Å². The molecule has 19 heavy (non-hydrogen) atoms. The van der Waals surface area contributed by atoms with Gasteiger partial charge in [-0.3, -0.25) is 4.90 Å². The van der Waals surface area contributed by atoms with Crippen molar-refractivity contribution in [1.82, 2.24) is 14.3 Å². The standard InChI is InChI=1S/C14H25N3OS/c1-10(2)14-15-13(19-16-14)9-17-7-5-4-6-12(17)8-11(3)18/h10-12,18H,4-9H2,1-3H3/t11-,12+/m1/s1. The molecule has 0 aliphatic carbocycles. The van der Waals surface area contributed by atoms with Crippen LogP contribution >= 0.6 is 11.5 Å². The molecule has 0 bridgehead atoms. The average Bonchev–Trinajstić information content (AvgIpc) is 2.80. The molecule has 1 aromatic rings. The lowest BCUT2D eigenvalue weighted by Crippen LogP contribution is -2.40. The van der Waals surface area contributed by atoms with Crippen LogP contribution in [0.4, 0.5) is 0 Å². The molecule has 2 atom stereocenters. The Morgan fingerprint density at radius 2 is 2.16 bits per heavy atom. The Morgan fingerprint density at radius 3 is 2.79 bits per heavy atom. The van der Waals surface area contributed by atoms with Crippen LogP contribution in [0.15, 0.2) is 0 Å². The molecule has 0 spiro atoms. The topological polar surface area (TPSA) is 49.2 Å². The van der Waals surface area contributed by atoms with Crippen LogP contribution in [-0.4, -0.2) is 38.1 Å². The minimum Gasteiger partial charge on any atom is -0.393 e. The van der Waals surface area contributed by atoms with Crippen LogP contribution in [-0.2, 0) is 6.54 Å². The first-order chi connectivity index (χ1) is 9.06. The summed E-state index contributed by atoms with van der Waals surface area (Å²) >= 11 is 1.53. The number of rotatable bonds is 5. The molecule has 1 aromatic heterocycles. The Balaban J connectivity index is 1.98. The number of piperidine rings is 1. The van der Waals surface area contributed by atoms with E-state index in [2.05, 4.69) is 28.1 Å². The van der Waals surface area contributed by atoms with Crippen LogP contribution in [0.2, 0.25) is 0 Å². The van der Waals surface area contributed by atoms with Gasteiger partial charge in [-0.25, -0.2) is 4.98 Å². The molecule has 1 fully saturated rings. The van der Waals surface area contributed by atoms with Crippen molar-refractivity contribution in [2.24, 2.45) is 0 Å². The number of nitrogens with zero attached hydrogens (tertiary/aromatic N) is 3. The van der Waals surface area contributed by atoms with E-state index < -0.39 is 0 Å². The van der Waals surface area contributed by atoms with Crippen molar-refractivity contribution in [3.63, 3.8) is 0 Å². The maximum Gasteiger partial charge on any atom is 0.145 e. The predicted molar refractivity (Wildman–Crippen MR) is 78.3 cm³/mol. The molecule has 108 valence electrons. The van der Waals surface area contributed by atoms with Gasteiger partial charge in [-0.15, -0.1) is 0 Å². The number of hydrogen-bond donors (Lipinski definition) is 1. The van der Waals surface area contributed by atoms with Crippen molar-refractivity contribution in [3.05, 3.63) is 10.8 Å². The molecule has 0 amide bonds. The minimum atomic E-state index is -0.216. The third-order valence-electron chi connectivity index (χ3n) is 3.70. The highest BCUT2D eigenvalue weighted by Crippen LogP contribution is 2.24. The minimum absolute atomic E-state index is 0.216. The van der Waals surface area contributed by atoms with Crippen LogP contribution in [0.25, 0.3) is 0 Å². The van der Waals surface area contributed by atoms with E-state index in [1.807, 2.05) is 6.92 Å². The second-order valence-electron chi connectivity index (χ2n) is 5.91. The summed E-state index contributed by atoms with van der Waals surface area (Å²) in [6.07, 6.45) is 4.38. The van der Waals surface area contributed by atoms with Crippen LogP contribution in [0.1, 0.15) is 63.2 Å². The lowest BCUT2D eigenvalue weighted by Gasteiger charge is -2.35. The van der Waals surface area contributed by atoms with Crippen LogP contribution in [0.5, 0.6) is 0 Å².